The molecule has 0 saturated carbocycles. The van der Waals surface area contributed by atoms with Gasteiger partial charge in [0.05, 0.1) is 28.3 Å². The lowest BCUT2D eigenvalue weighted by atomic mass is 10.0. The Bertz CT molecular complexity index is 1520. The molecule has 1 fully saturated rings. The second-order valence-electron chi connectivity index (χ2n) is 9.19. The van der Waals surface area contributed by atoms with Crippen molar-refractivity contribution in [3.8, 4) is 6.07 Å². The van der Waals surface area contributed by atoms with Crippen LogP contribution in [0.25, 0.3) is 11.0 Å². The SMILES string of the molecule is Cc1cc([C@@H](C)Nc2ccccc2C(=O)O)c2nc(N3CCN(c4nc(C)cs4)CC3)c(C#N)nc2c1. The number of nitrogens with one attached hydrogen (secondary N) is 1. The molecule has 1 aliphatic rings. The maximum Gasteiger partial charge on any atom is 0.337 e. The fourth-order valence-electron chi connectivity index (χ4n) is 4.65. The fraction of sp³-hybridized carbons (Fsp3) is 0.296. The predicted molar refractivity (Wildman–Crippen MR) is 146 cm³/mol. The molecule has 2 aromatic heterocycles. The van der Waals surface area contributed by atoms with E-state index in [1.165, 1.54) is 0 Å². The van der Waals surface area contributed by atoms with Gasteiger partial charge in [-0.05, 0) is 44.5 Å². The number of hydrogen-bond donors (Lipinski definition) is 2. The Labute approximate surface area is 219 Å². The van der Waals surface area contributed by atoms with Crippen LogP contribution in [0.15, 0.2) is 41.8 Å². The van der Waals surface area contributed by atoms with Gasteiger partial charge >= 0.3 is 5.97 Å². The molecule has 37 heavy (non-hydrogen) atoms. The summed E-state index contributed by atoms with van der Waals surface area (Å²) in [6, 6.07) is 12.8. The largest absolute Gasteiger partial charge is 0.478 e. The van der Waals surface area contributed by atoms with Crippen molar-refractivity contribution in [2.45, 2.75) is 26.8 Å². The van der Waals surface area contributed by atoms with E-state index in [1.54, 1.807) is 35.6 Å². The van der Waals surface area contributed by atoms with Gasteiger partial charge in [-0.25, -0.2) is 19.7 Å². The number of fused-ring (bicyclic) bond motifs is 1. The molecule has 0 amide bonds. The summed E-state index contributed by atoms with van der Waals surface area (Å²) in [5.74, 6) is -0.412. The van der Waals surface area contributed by atoms with Crippen LogP contribution in [-0.2, 0) is 0 Å². The molecule has 2 aromatic carbocycles. The lowest BCUT2D eigenvalue weighted by Crippen LogP contribution is -2.47. The van der Waals surface area contributed by atoms with Crippen molar-refractivity contribution in [1.82, 2.24) is 15.0 Å². The molecule has 0 aliphatic carbocycles. The fourth-order valence-corrected chi connectivity index (χ4v) is 5.51. The number of rotatable bonds is 6. The number of hydrogen-bond acceptors (Lipinski definition) is 9. The summed E-state index contributed by atoms with van der Waals surface area (Å²) < 4.78 is 0. The van der Waals surface area contributed by atoms with Crippen LogP contribution in [0.5, 0.6) is 0 Å². The molecule has 0 bridgehead atoms. The standard InChI is InChI=1S/C27H27N7O2S/c1-16-12-20(18(3)30-21-7-5-4-6-19(21)26(35)36)24-22(13-16)31-23(14-28)25(32-24)33-8-10-34(11-9-33)27-29-17(2)15-37-27/h4-7,12-13,15,18,30H,8-11H2,1-3H3,(H,35,36)/t18-/m1/s1. The maximum atomic E-state index is 11.7. The minimum atomic E-state index is -0.989. The number of carboxylic acid groups (broad SMARTS) is 1. The minimum absolute atomic E-state index is 0.207. The minimum Gasteiger partial charge on any atom is -0.478 e. The van der Waals surface area contributed by atoms with E-state index < -0.39 is 5.97 Å². The van der Waals surface area contributed by atoms with Crippen molar-refractivity contribution in [1.29, 1.82) is 5.26 Å². The zero-order valence-electron chi connectivity index (χ0n) is 20.9. The molecule has 2 N–H and O–H groups in total. The Morgan fingerprint density at radius 3 is 2.51 bits per heavy atom. The van der Waals surface area contributed by atoms with Gasteiger partial charge in [-0.3, -0.25) is 0 Å². The molecule has 0 radical (unpaired) electrons. The van der Waals surface area contributed by atoms with E-state index in [-0.39, 0.29) is 11.6 Å². The number of benzene rings is 2. The van der Waals surface area contributed by atoms with E-state index in [0.717, 1.165) is 35.0 Å². The predicted octanol–water partition coefficient (Wildman–Crippen LogP) is 4.77. The van der Waals surface area contributed by atoms with Gasteiger partial charge < -0.3 is 20.2 Å². The Morgan fingerprint density at radius 2 is 1.84 bits per heavy atom. The number of thiazole rings is 1. The first kappa shape index (κ1) is 24.5. The zero-order chi connectivity index (χ0) is 26.1. The van der Waals surface area contributed by atoms with E-state index in [1.807, 2.05) is 32.9 Å². The molecule has 1 atom stereocenters. The third-order valence-electron chi connectivity index (χ3n) is 6.48. The molecule has 5 rings (SSSR count). The Kier molecular flexibility index (Phi) is 6.63. The summed E-state index contributed by atoms with van der Waals surface area (Å²) in [7, 11) is 0. The lowest BCUT2D eigenvalue weighted by molar-refractivity contribution is 0.0698. The molecular formula is C27H27N7O2S. The Morgan fingerprint density at radius 1 is 1.11 bits per heavy atom. The second kappa shape index (κ2) is 10.0. The van der Waals surface area contributed by atoms with Gasteiger partial charge in [0.1, 0.15) is 6.07 Å². The van der Waals surface area contributed by atoms with Crippen molar-refractivity contribution in [2.75, 3.05) is 41.3 Å². The zero-order valence-corrected chi connectivity index (χ0v) is 21.7. The summed E-state index contributed by atoms with van der Waals surface area (Å²) in [5, 5.41) is 25.9. The van der Waals surface area contributed by atoms with Gasteiger partial charge in [0, 0.05) is 42.8 Å². The second-order valence-corrected chi connectivity index (χ2v) is 10.0. The summed E-state index contributed by atoms with van der Waals surface area (Å²) in [6.45, 7) is 8.91. The van der Waals surface area contributed by atoms with Crippen molar-refractivity contribution < 1.29 is 9.90 Å². The summed E-state index contributed by atoms with van der Waals surface area (Å²) in [6.07, 6.45) is 0. The summed E-state index contributed by atoms with van der Waals surface area (Å²) in [5.41, 5.74) is 5.29. The smallest absolute Gasteiger partial charge is 0.337 e. The third-order valence-corrected chi connectivity index (χ3v) is 7.50. The number of piperazine rings is 1. The number of aryl methyl sites for hydroxylation is 2. The van der Waals surface area contributed by atoms with Gasteiger partial charge in [0.15, 0.2) is 16.6 Å². The number of anilines is 3. The van der Waals surface area contributed by atoms with Crippen LogP contribution in [0.2, 0.25) is 0 Å². The first-order valence-corrected chi connectivity index (χ1v) is 13.0. The average molecular weight is 514 g/mol. The third kappa shape index (κ3) is 4.90. The van der Waals surface area contributed by atoms with Crippen molar-refractivity contribution in [3.05, 3.63) is 69.9 Å². The van der Waals surface area contributed by atoms with Crippen LogP contribution in [0.4, 0.5) is 16.6 Å². The first-order chi connectivity index (χ1) is 17.8. The summed E-state index contributed by atoms with van der Waals surface area (Å²) in [4.78, 5) is 30.4. The molecule has 9 nitrogen and oxygen atoms in total. The topological polar surface area (TPSA) is 118 Å². The first-order valence-electron chi connectivity index (χ1n) is 12.1. The van der Waals surface area contributed by atoms with Crippen molar-refractivity contribution in [2.24, 2.45) is 0 Å². The van der Waals surface area contributed by atoms with E-state index in [0.29, 0.717) is 41.3 Å². The van der Waals surface area contributed by atoms with Crippen molar-refractivity contribution in [3.63, 3.8) is 0 Å². The van der Waals surface area contributed by atoms with E-state index in [9.17, 15) is 15.2 Å². The van der Waals surface area contributed by atoms with Gasteiger partial charge in [-0.15, -0.1) is 11.3 Å². The normalized spacial score (nSPS) is 14.4. The van der Waals surface area contributed by atoms with Crippen molar-refractivity contribution >= 4 is 45.0 Å². The Balaban J connectivity index is 1.48. The quantitative estimate of drug-likeness (QED) is 0.376. The molecular weight excluding hydrogens is 486 g/mol. The van der Waals surface area contributed by atoms with Crippen LogP contribution in [-0.4, -0.2) is 52.2 Å². The van der Waals surface area contributed by atoms with Crippen LogP contribution < -0.4 is 15.1 Å². The van der Waals surface area contributed by atoms with Gasteiger partial charge in [0.2, 0.25) is 0 Å². The van der Waals surface area contributed by atoms with Crippen LogP contribution in [0, 0.1) is 25.2 Å². The molecule has 4 aromatic rings. The average Bonchev–Trinajstić information content (AvgIpc) is 3.33. The van der Waals surface area contributed by atoms with E-state index in [4.69, 9.17) is 9.97 Å². The highest BCUT2D eigenvalue weighted by atomic mass is 32.1. The number of aromatic carboxylic acids is 1. The molecule has 1 saturated heterocycles. The van der Waals surface area contributed by atoms with Crippen LogP contribution >= 0.6 is 11.3 Å². The highest BCUT2D eigenvalue weighted by Gasteiger charge is 2.25. The van der Waals surface area contributed by atoms with E-state index in [2.05, 4.69) is 31.5 Å². The summed E-state index contributed by atoms with van der Waals surface area (Å²) >= 11 is 1.64. The number of aromatic nitrogens is 3. The van der Waals surface area contributed by atoms with Gasteiger partial charge in [-0.1, -0.05) is 18.2 Å². The molecule has 188 valence electrons. The maximum absolute atomic E-state index is 11.7. The lowest BCUT2D eigenvalue weighted by Gasteiger charge is -2.35. The highest BCUT2D eigenvalue weighted by Crippen LogP contribution is 2.31. The monoisotopic (exact) mass is 513 g/mol. The highest BCUT2D eigenvalue weighted by molar-refractivity contribution is 7.13. The van der Waals surface area contributed by atoms with Gasteiger partial charge in [-0.2, -0.15) is 5.26 Å². The molecule has 0 unspecified atom stereocenters. The number of nitriles is 1. The molecule has 0 spiro atoms. The number of nitrogens with zero attached hydrogens (tertiary/aromatic N) is 6. The van der Waals surface area contributed by atoms with Crippen LogP contribution in [0.1, 0.15) is 45.8 Å². The number of para-hydroxylation sites is 1. The Hall–Kier alpha value is -4.23. The molecule has 3 heterocycles. The molecule has 10 heteroatoms. The number of carboxylic acids is 1. The molecule has 1 aliphatic heterocycles. The van der Waals surface area contributed by atoms with E-state index >= 15 is 0 Å². The number of carbonyl (C=O) groups is 1. The van der Waals surface area contributed by atoms with Gasteiger partial charge in [0.25, 0.3) is 0 Å². The van der Waals surface area contributed by atoms with Crippen LogP contribution in [0.3, 0.4) is 0 Å².